The molecule has 0 aliphatic heterocycles. The van der Waals surface area contributed by atoms with Crippen molar-refractivity contribution in [2.24, 2.45) is 0 Å². The van der Waals surface area contributed by atoms with Gasteiger partial charge in [0.25, 0.3) is 5.56 Å². The topological polar surface area (TPSA) is 104 Å². The lowest BCUT2D eigenvalue weighted by Gasteiger charge is -2.09. The van der Waals surface area contributed by atoms with Gasteiger partial charge in [-0.1, -0.05) is 24.3 Å². The van der Waals surface area contributed by atoms with Crippen molar-refractivity contribution in [2.45, 2.75) is 13.0 Å². The number of aromatic nitrogens is 1. The fourth-order valence-electron chi connectivity index (χ4n) is 2.77. The maximum Gasteiger partial charge on any atom is 0.258 e. The van der Waals surface area contributed by atoms with Gasteiger partial charge in [-0.25, -0.2) is 0 Å². The molecule has 0 bridgehead atoms. The number of nitriles is 1. The van der Waals surface area contributed by atoms with Crippen LogP contribution in [0.1, 0.15) is 12.0 Å². The second-order valence-corrected chi connectivity index (χ2v) is 6.18. The van der Waals surface area contributed by atoms with Crippen LogP contribution >= 0.6 is 0 Å². The van der Waals surface area contributed by atoms with Gasteiger partial charge in [0.1, 0.15) is 6.54 Å². The summed E-state index contributed by atoms with van der Waals surface area (Å²) in [5.74, 6) is -0.630. The quantitative estimate of drug-likeness (QED) is 0.689. The highest BCUT2D eigenvalue weighted by Crippen LogP contribution is 2.10. The molecule has 0 saturated heterocycles. The van der Waals surface area contributed by atoms with Gasteiger partial charge < -0.3 is 15.2 Å². The van der Waals surface area contributed by atoms with E-state index < -0.39 is 0 Å². The van der Waals surface area contributed by atoms with Crippen molar-refractivity contribution in [2.75, 3.05) is 11.9 Å². The fraction of sp³-hybridized carbons (Fsp3) is 0.143. The van der Waals surface area contributed by atoms with Crippen molar-refractivity contribution in [3.63, 3.8) is 0 Å². The molecule has 28 heavy (non-hydrogen) atoms. The molecule has 0 aliphatic carbocycles. The summed E-state index contributed by atoms with van der Waals surface area (Å²) in [4.78, 5) is 36.4. The summed E-state index contributed by atoms with van der Waals surface area (Å²) >= 11 is 0. The molecule has 3 rings (SSSR count). The van der Waals surface area contributed by atoms with Crippen molar-refractivity contribution < 1.29 is 9.59 Å². The molecule has 2 amide bonds. The molecule has 7 heteroatoms. The zero-order valence-corrected chi connectivity index (χ0v) is 15.0. The normalized spacial score (nSPS) is 10.2. The zero-order chi connectivity index (χ0) is 19.9. The van der Waals surface area contributed by atoms with Crippen molar-refractivity contribution >= 4 is 28.3 Å². The Morgan fingerprint density at radius 3 is 2.68 bits per heavy atom. The first-order valence-electron chi connectivity index (χ1n) is 8.72. The van der Waals surface area contributed by atoms with Crippen LogP contribution in [0.4, 0.5) is 5.69 Å². The van der Waals surface area contributed by atoms with E-state index >= 15 is 0 Å². The molecule has 1 heterocycles. The van der Waals surface area contributed by atoms with Crippen LogP contribution in [0.5, 0.6) is 0 Å². The molecule has 0 aliphatic rings. The van der Waals surface area contributed by atoms with Crippen molar-refractivity contribution in [1.82, 2.24) is 9.88 Å². The van der Waals surface area contributed by atoms with Gasteiger partial charge in [-0.05, 0) is 35.7 Å². The minimum Gasteiger partial charge on any atom is -0.354 e. The molecule has 2 aromatic carbocycles. The molecule has 140 valence electrons. The van der Waals surface area contributed by atoms with E-state index in [1.807, 2.05) is 18.2 Å². The summed E-state index contributed by atoms with van der Waals surface area (Å²) in [6.45, 7) is 0.0282. The third-order valence-corrected chi connectivity index (χ3v) is 4.15. The molecule has 0 radical (unpaired) electrons. The Hall–Kier alpha value is -3.92. The number of pyridine rings is 1. The van der Waals surface area contributed by atoms with E-state index in [1.54, 1.807) is 48.7 Å². The van der Waals surface area contributed by atoms with Crippen LogP contribution in [0, 0.1) is 11.3 Å². The summed E-state index contributed by atoms with van der Waals surface area (Å²) in [6.07, 6.45) is 1.66. The van der Waals surface area contributed by atoms with Crippen LogP contribution in [0.3, 0.4) is 0 Å². The summed E-state index contributed by atoms with van der Waals surface area (Å²) in [5, 5.41) is 15.5. The van der Waals surface area contributed by atoms with E-state index in [0.717, 1.165) is 5.39 Å². The average molecular weight is 374 g/mol. The highest BCUT2D eigenvalue weighted by Gasteiger charge is 2.08. The maximum atomic E-state index is 12.4. The van der Waals surface area contributed by atoms with E-state index in [-0.39, 0.29) is 36.9 Å². The van der Waals surface area contributed by atoms with Crippen LogP contribution in [0.25, 0.3) is 10.8 Å². The molecule has 0 saturated carbocycles. The number of amides is 2. The number of carbonyl (C=O) groups excluding carboxylic acids is 2. The molecule has 0 atom stereocenters. The minimum absolute atomic E-state index is 0.0785. The number of hydrogen-bond donors (Lipinski definition) is 2. The van der Waals surface area contributed by atoms with E-state index in [9.17, 15) is 14.4 Å². The number of rotatable bonds is 6. The molecule has 0 unspecified atom stereocenters. The highest BCUT2D eigenvalue weighted by molar-refractivity contribution is 5.91. The number of hydrogen-bond acceptors (Lipinski definition) is 4. The Bertz CT molecular complexity index is 1130. The predicted molar refractivity (Wildman–Crippen MR) is 106 cm³/mol. The van der Waals surface area contributed by atoms with E-state index in [2.05, 4.69) is 10.6 Å². The second kappa shape index (κ2) is 8.64. The maximum absolute atomic E-state index is 12.4. The molecule has 7 nitrogen and oxygen atoms in total. The largest absolute Gasteiger partial charge is 0.354 e. The standard InChI is InChI=1S/C21H18N4O3/c22-13-15-4-3-6-17(12-15)24-19(26)8-10-23-20(27)14-25-11-9-16-5-1-2-7-18(16)21(25)28/h1-7,9,11-12H,8,10,14H2,(H,23,27)(H,24,26). The predicted octanol–water partition coefficient (Wildman–Crippen LogP) is 2.02. The van der Waals surface area contributed by atoms with Crippen molar-refractivity contribution in [3.8, 4) is 6.07 Å². The van der Waals surface area contributed by atoms with Gasteiger partial charge in [0, 0.05) is 30.2 Å². The fourth-order valence-corrected chi connectivity index (χ4v) is 2.77. The van der Waals surface area contributed by atoms with Crippen LogP contribution in [0.15, 0.2) is 65.6 Å². The first-order chi connectivity index (χ1) is 13.6. The van der Waals surface area contributed by atoms with Crippen LogP contribution in [0.2, 0.25) is 0 Å². The van der Waals surface area contributed by atoms with Gasteiger partial charge in [-0.3, -0.25) is 14.4 Å². The van der Waals surface area contributed by atoms with Gasteiger partial charge in [0.05, 0.1) is 11.6 Å². The Balaban J connectivity index is 1.51. The first-order valence-corrected chi connectivity index (χ1v) is 8.72. The molecule has 0 spiro atoms. The SMILES string of the molecule is N#Cc1cccc(NC(=O)CCNC(=O)Cn2ccc3ccccc3c2=O)c1. The third-order valence-electron chi connectivity index (χ3n) is 4.15. The summed E-state index contributed by atoms with van der Waals surface area (Å²) in [6, 6.07) is 17.5. The third kappa shape index (κ3) is 4.62. The second-order valence-electron chi connectivity index (χ2n) is 6.18. The van der Waals surface area contributed by atoms with Crippen molar-refractivity contribution in [3.05, 3.63) is 76.7 Å². The van der Waals surface area contributed by atoms with Crippen LogP contribution in [-0.2, 0) is 16.1 Å². The first kappa shape index (κ1) is 18.9. The van der Waals surface area contributed by atoms with Crippen LogP contribution in [-0.4, -0.2) is 22.9 Å². The van der Waals surface area contributed by atoms with E-state index in [0.29, 0.717) is 16.6 Å². The Morgan fingerprint density at radius 2 is 1.86 bits per heavy atom. The molecular weight excluding hydrogens is 356 g/mol. The number of benzene rings is 2. The van der Waals surface area contributed by atoms with E-state index in [4.69, 9.17) is 5.26 Å². The molecule has 2 N–H and O–H groups in total. The summed E-state index contributed by atoms with van der Waals surface area (Å²) < 4.78 is 1.34. The lowest BCUT2D eigenvalue weighted by Crippen LogP contribution is -2.33. The number of fused-ring (bicyclic) bond motifs is 1. The smallest absolute Gasteiger partial charge is 0.258 e. The van der Waals surface area contributed by atoms with Crippen LogP contribution < -0.4 is 16.2 Å². The Kier molecular flexibility index (Phi) is 5.82. The average Bonchev–Trinajstić information content (AvgIpc) is 2.70. The highest BCUT2D eigenvalue weighted by atomic mass is 16.2. The Morgan fingerprint density at radius 1 is 1.04 bits per heavy atom. The lowest BCUT2D eigenvalue weighted by atomic mass is 10.2. The minimum atomic E-state index is -0.350. The summed E-state index contributed by atoms with van der Waals surface area (Å²) in [5.41, 5.74) is 0.744. The zero-order valence-electron chi connectivity index (χ0n) is 15.0. The van der Waals surface area contributed by atoms with Gasteiger partial charge in [-0.15, -0.1) is 0 Å². The Labute approximate surface area is 161 Å². The summed E-state index contributed by atoms with van der Waals surface area (Å²) in [7, 11) is 0. The van der Waals surface area contributed by atoms with Gasteiger partial charge in [0.15, 0.2) is 0 Å². The van der Waals surface area contributed by atoms with Gasteiger partial charge in [0.2, 0.25) is 11.8 Å². The van der Waals surface area contributed by atoms with Crippen molar-refractivity contribution in [1.29, 1.82) is 5.26 Å². The number of nitrogens with zero attached hydrogens (tertiary/aromatic N) is 2. The lowest BCUT2D eigenvalue weighted by molar-refractivity contribution is -0.121. The molecule has 3 aromatic rings. The monoisotopic (exact) mass is 374 g/mol. The molecule has 1 aromatic heterocycles. The molecule has 0 fully saturated rings. The number of nitrogens with one attached hydrogen (secondary N) is 2. The van der Waals surface area contributed by atoms with Gasteiger partial charge in [-0.2, -0.15) is 5.26 Å². The molecular formula is C21H18N4O3. The number of carbonyl (C=O) groups is 2. The number of anilines is 1. The van der Waals surface area contributed by atoms with Gasteiger partial charge >= 0.3 is 0 Å². The van der Waals surface area contributed by atoms with E-state index in [1.165, 1.54) is 4.57 Å².